The van der Waals surface area contributed by atoms with Crippen LogP contribution in [0.3, 0.4) is 0 Å². The SMILES string of the molecule is CCC(=O)N1CC[C@H](NCc2cccc(C)c2C)[C@H](C)C1. The molecule has 1 N–H and O–H groups in total. The van der Waals surface area contributed by atoms with Crippen LogP contribution >= 0.6 is 0 Å². The van der Waals surface area contributed by atoms with Crippen LogP contribution < -0.4 is 5.32 Å². The molecule has 0 saturated carbocycles. The third kappa shape index (κ3) is 3.85. The lowest BCUT2D eigenvalue weighted by Gasteiger charge is -2.37. The van der Waals surface area contributed by atoms with Gasteiger partial charge in [-0.15, -0.1) is 0 Å². The minimum absolute atomic E-state index is 0.287. The zero-order valence-electron chi connectivity index (χ0n) is 13.8. The number of carbonyl (C=O) groups is 1. The molecule has 116 valence electrons. The lowest BCUT2D eigenvalue weighted by atomic mass is 9.93. The van der Waals surface area contributed by atoms with Gasteiger partial charge in [-0.05, 0) is 42.9 Å². The van der Waals surface area contributed by atoms with Gasteiger partial charge in [-0.3, -0.25) is 4.79 Å². The summed E-state index contributed by atoms with van der Waals surface area (Å²) >= 11 is 0. The summed E-state index contributed by atoms with van der Waals surface area (Å²) in [7, 11) is 0. The number of rotatable bonds is 4. The summed E-state index contributed by atoms with van der Waals surface area (Å²) in [4.78, 5) is 13.8. The van der Waals surface area contributed by atoms with Crippen molar-refractivity contribution >= 4 is 5.91 Å². The molecule has 2 atom stereocenters. The lowest BCUT2D eigenvalue weighted by Crippen LogP contribution is -2.49. The molecule has 0 radical (unpaired) electrons. The van der Waals surface area contributed by atoms with Gasteiger partial charge in [-0.2, -0.15) is 0 Å². The van der Waals surface area contributed by atoms with E-state index in [0.29, 0.717) is 18.4 Å². The molecule has 3 heteroatoms. The second-order valence-corrected chi connectivity index (χ2v) is 6.31. The average molecular weight is 288 g/mol. The fraction of sp³-hybridized carbons (Fsp3) is 0.611. The smallest absolute Gasteiger partial charge is 0.222 e. The van der Waals surface area contributed by atoms with Crippen LogP contribution in [-0.2, 0) is 11.3 Å². The number of nitrogens with zero attached hydrogens (tertiary/aromatic N) is 1. The summed E-state index contributed by atoms with van der Waals surface area (Å²) in [5.74, 6) is 0.800. The molecule has 1 aliphatic heterocycles. The Kier molecular flexibility index (Phi) is 5.40. The van der Waals surface area contributed by atoms with Crippen LogP contribution in [0.2, 0.25) is 0 Å². The van der Waals surface area contributed by atoms with Gasteiger partial charge in [0.05, 0.1) is 0 Å². The minimum atomic E-state index is 0.287. The van der Waals surface area contributed by atoms with Crippen molar-refractivity contribution in [3.8, 4) is 0 Å². The number of nitrogens with one attached hydrogen (secondary N) is 1. The van der Waals surface area contributed by atoms with Crippen LogP contribution in [0, 0.1) is 19.8 Å². The highest BCUT2D eigenvalue weighted by atomic mass is 16.2. The molecule has 0 bridgehead atoms. The first kappa shape index (κ1) is 16.0. The summed E-state index contributed by atoms with van der Waals surface area (Å²) < 4.78 is 0. The third-order valence-electron chi connectivity index (χ3n) is 4.83. The van der Waals surface area contributed by atoms with Crippen LogP contribution in [0.25, 0.3) is 0 Å². The Morgan fingerprint density at radius 1 is 1.38 bits per heavy atom. The average Bonchev–Trinajstić information content (AvgIpc) is 2.49. The molecule has 1 heterocycles. The molecular formula is C18H28N2O. The van der Waals surface area contributed by atoms with Crippen molar-refractivity contribution in [1.82, 2.24) is 10.2 Å². The Morgan fingerprint density at radius 2 is 2.14 bits per heavy atom. The first-order chi connectivity index (χ1) is 10.0. The van der Waals surface area contributed by atoms with E-state index in [1.165, 1.54) is 16.7 Å². The highest BCUT2D eigenvalue weighted by molar-refractivity contribution is 5.75. The first-order valence-corrected chi connectivity index (χ1v) is 8.09. The maximum Gasteiger partial charge on any atom is 0.222 e. The predicted molar refractivity (Wildman–Crippen MR) is 87.2 cm³/mol. The Hall–Kier alpha value is -1.35. The van der Waals surface area contributed by atoms with E-state index in [1.807, 2.05) is 11.8 Å². The van der Waals surface area contributed by atoms with E-state index in [4.69, 9.17) is 0 Å². The number of hydrogen-bond acceptors (Lipinski definition) is 2. The van der Waals surface area contributed by atoms with Gasteiger partial charge in [0.15, 0.2) is 0 Å². The fourth-order valence-corrected chi connectivity index (χ4v) is 3.14. The zero-order valence-corrected chi connectivity index (χ0v) is 13.8. The monoisotopic (exact) mass is 288 g/mol. The number of carbonyl (C=O) groups excluding carboxylic acids is 1. The first-order valence-electron chi connectivity index (χ1n) is 8.09. The van der Waals surface area contributed by atoms with Gasteiger partial charge < -0.3 is 10.2 Å². The molecule has 1 saturated heterocycles. The van der Waals surface area contributed by atoms with Crippen LogP contribution in [0.4, 0.5) is 0 Å². The van der Waals surface area contributed by atoms with Crippen molar-refractivity contribution in [2.45, 2.75) is 53.1 Å². The van der Waals surface area contributed by atoms with Crippen molar-refractivity contribution in [2.24, 2.45) is 5.92 Å². The second-order valence-electron chi connectivity index (χ2n) is 6.31. The van der Waals surface area contributed by atoms with Crippen molar-refractivity contribution in [3.05, 3.63) is 34.9 Å². The van der Waals surface area contributed by atoms with E-state index in [0.717, 1.165) is 26.1 Å². The number of likely N-dealkylation sites (tertiary alicyclic amines) is 1. The molecule has 0 spiro atoms. The van der Waals surface area contributed by atoms with Crippen LogP contribution in [-0.4, -0.2) is 29.9 Å². The molecule has 1 aliphatic rings. The van der Waals surface area contributed by atoms with Gasteiger partial charge in [0.1, 0.15) is 0 Å². The molecule has 1 amide bonds. The quantitative estimate of drug-likeness (QED) is 0.923. The predicted octanol–water partition coefficient (Wildman–Crippen LogP) is 3.04. The summed E-state index contributed by atoms with van der Waals surface area (Å²) in [6.45, 7) is 11.2. The van der Waals surface area contributed by atoms with Gasteiger partial charge in [-0.25, -0.2) is 0 Å². The molecule has 1 fully saturated rings. The van der Waals surface area contributed by atoms with Crippen molar-refractivity contribution in [3.63, 3.8) is 0 Å². The molecule has 3 nitrogen and oxygen atoms in total. The number of amides is 1. The Morgan fingerprint density at radius 3 is 2.81 bits per heavy atom. The van der Waals surface area contributed by atoms with Gasteiger partial charge in [0.2, 0.25) is 5.91 Å². The molecule has 1 aromatic rings. The molecular weight excluding hydrogens is 260 g/mol. The number of aryl methyl sites for hydroxylation is 1. The molecule has 0 unspecified atom stereocenters. The number of benzene rings is 1. The fourth-order valence-electron chi connectivity index (χ4n) is 3.14. The Balaban J connectivity index is 1.90. The number of hydrogen-bond donors (Lipinski definition) is 1. The maximum atomic E-state index is 11.8. The van der Waals surface area contributed by atoms with Gasteiger partial charge in [0, 0.05) is 32.1 Å². The highest BCUT2D eigenvalue weighted by Crippen LogP contribution is 2.19. The normalized spacial score (nSPS) is 22.4. The Bertz CT molecular complexity index is 498. The highest BCUT2D eigenvalue weighted by Gasteiger charge is 2.27. The van der Waals surface area contributed by atoms with E-state index in [9.17, 15) is 4.79 Å². The van der Waals surface area contributed by atoms with Crippen molar-refractivity contribution < 1.29 is 4.79 Å². The largest absolute Gasteiger partial charge is 0.342 e. The van der Waals surface area contributed by atoms with Crippen molar-refractivity contribution in [1.29, 1.82) is 0 Å². The van der Waals surface area contributed by atoms with E-state index in [2.05, 4.69) is 44.3 Å². The molecule has 1 aromatic carbocycles. The molecule has 21 heavy (non-hydrogen) atoms. The maximum absolute atomic E-state index is 11.8. The zero-order chi connectivity index (χ0) is 15.4. The van der Waals surface area contributed by atoms with Crippen LogP contribution in [0.15, 0.2) is 18.2 Å². The second kappa shape index (κ2) is 7.08. The van der Waals surface area contributed by atoms with Gasteiger partial charge >= 0.3 is 0 Å². The Labute approximate surface area is 128 Å². The standard InChI is InChI=1S/C18H28N2O/c1-5-18(21)20-10-9-17(14(3)12-20)19-11-16-8-6-7-13(2)15(16)4/h6-8,14,17,19H,5,9-12H2,1-4H3/t14-,17+/m1/s1. The molecule has 0 aliphatic carbocycles. The summed E-state index contributed by atoms with van der Waals surface area (Å²) in [5, 5.41) is 3.70. The van der Waals surface area contributed by atoms with E-state index < -0.39 is 0 Å². The van der Waals surface area contributed by atoms with E-state index in [-0.39, 0.29) is 5.91 Å². The van der Waals surface area contributed by atoms with E-state index in [1.54, 1.807) is 0 Å². The van der Waals surface area contributed by atoms with Gasteiger partial charge in [0.25, 0.3) is 0 Å². The van der Waals surface area contributed by atoms with E-state index >= 15 is 0 Å². The topological polar surface area (TPSA) is 32.3 Å². The summed E-state index contributed by atoms with van der Waals surface area (Å²) in [5.41, 5.74) is 4.12. The minimum Gasteiger partial charge on any atom is -0.342 e. The lowest BCUT2D eigenvalue weighted by molar-refractivity contribution is -0.132. The molecule has 0 aromatic heterocycles. The number of piperidine rings is 1. The van der Waals surface area contributed by atoms with Crippen LogP contribution in [0.1, 0.15) is 43.4 Å². The van der Waals surface area contributed by atoms with Gasteiger partial charge in [-0.1, -0.05) is 32.0 Å². The summed E-state index contributed by atoms with van der Waals surface area (Å²) in [6, 6.07) is 7.00. The molecule has 2 rings (SSSR count). The van der Waals surface area contributed by atoms with Crippen LogP contribution in [0.5, 0.6) is 0 Å². The van der Waals surface area contributed by atoms with Crippen molar-refractivity contribution in [2.75, 3.05) is 13.1 Å². The summed E-state index contributed by atoms with van der Waals surface area (Å²) in [6.07, 6.45) is 1.67. The third-order valence-corrected chi connectivity index (χ3v) is 4.83.